The van der Waals surface area contributed by atoms with Gasteiger partial charge in [-0.3, -0.25) is 4.79 Å². The van der Waals surface area contributed by atoms with Crippen LogP contribution in [0.1, 0.15) is 15.9 Å². The van der Waals surface area contributed by atoms with E-state index in [1.807, 2.05) is 0 Å². The zero-order chi connectivity index (χ0) is 14.0. The molecule has 0 unspecified atom stereocenters. The number of anilines is 1. The van der Waals surface area contributed by atoms with Gasteiger partial charge in [0.25, 0.3) is 5.91 Å². The van der Waals surface area contributed by atoms with Crippen LogP contribution in [0.3, 0.4) is 0 Å². The largest absolute Gasteiger partial charge is 0.508 e. The van der Waals surface area contributed by atoms with Crippen LogP contribution in [0.5, 0.6) is 11.5 Å². The van der Waals surface area contributed by atoms with Gasteiger partial charge >= 0.3 is 0 Å². The molecule has 0 fully saturated rings. The standard InChI is InChI=1S/C14H12FNO3/c1-8-2-3-9(15)6-12(8)16-14(19)11-7-10(17)4-5-13(11)18/h2-7,17-18H,1H3,(H,16,19). The van der Waals surface area contributed by atoms with Crippen LogP contribution in [0.4, 0.5) is 10.1 Å². The van der Waals surface area contributed by atoms with E-state index in [4.69, 9.17) is 0 Å². The van der Waals surface area contributed by atoms with Crippen molar-refractivity contribution in [2.24, 2.45) is 0 Å². The van der Waals surface area contributed by atoms with Crippen molar-refractivity contribution in [1.82, 2.24) is 0 Å². The maximum absolute atomic E-state index is 13.1. The minimum atomic E-state index is -0.623. The van der Waals surface area contributed by atoms with Gasteiger partial charge in [-0.1, -0.05) is 6.07 Å². The van der Waals surface area contributed by atoms with Crippen molar-refractivity contribution in [2.45, 2.75) is 6.92 Å². The van der Waals surface area contributed by atoms with E-state index in [1.54, 1.807) is 6.92 Å². The number of phenols is 2. The van der Waals surface area contributed by atoms with Crippen LogP contribution in [-0.4, -0.2) is 16.1 Å². The number of aromatic hydroxyl groups is 2. The zero-order valence-electron chi connectivity index (χ0n) is 10.1. The number of benzene rings is 2. The molecule has 0 saturated heterocycles. The molecule has 5 heteroatoms. The summed E-state index contributed by atoms with van der Waals surface area (Å²) in [6, 6.07) is 7.62. The first-order chi connectivity index (χ1) is 8.97. The lowest BCUT2D eigenvalue weighted by molar-refractivity contribution is 0.102. The molecule has 3 N–H and O–H groups in total. The SMILES string of the molecule is Cc1ccc(F)cc1NC(=O)c1cc(O)ccc1O. The number of carbonyl (C=O) groups is 1. The van der Waals surface area contributed by atoms with E-state index >= 15 is 0 Å². The van der Waals surface area contributed by atoms with Gasteiger partial charge < -0.3 is 15.5 Å². The van der Waals surface area contributed by atoms with E-state index < -0.39 is 11.7 Å². The van der Waals surface area contributed by atoms with Gasteiger partial charge in [0.2, 0.25) is 0 Å². The van der Waals surface area contributed by atoms with Crippen molar-refractivity contribution >= 4 is 11.6 Å². The van der Waals surface area contributed by atoms with Crippen LogP contribution in [0, 0.1) is 12.7 Å². The van der Waals surface area contributed by atoms with Crippen LogP contribution < -0.4 is 5.32 Å². The molecule has 98 valence electrons. The third-order valence-corrected chi connectivity index (χ3v) is 2.67. The smallest absolute Gasteiger partial charge is 0.259 e. The van der Waals surface area contributed by atoms with Gasteiger partial charge in [-0.15, -0.1) is 0 Å². The van der Waals surface area contributed by atoms with Crippen LogP contribution in [0.15, 0.2) is 36.4 Å². The van der Waals surface area contributed by atoms with Crippen LogP contribution in [0.25, 0.3) is 0 Å². The van der Waals surface area contributed by atoms with Crippen LogP contribution >= 0.6 is 0 Å². The molecule has 1 amide bonds. The van der Waals surface area contributed by atoms with E-state index in [2.05, 4.69) is 5.32 Å². The highest BCUT2D eigenvalue weighted by molar-refractivity contribution is 6.06. The molecule has 0 atom stereocenters. The third kappa shape index (κ3) is 2.82. The van der Waals surface area contributed by atoms with E-state index in [9.17, 15) is 19.4 Å². The predicted molar refractivity (Wildman–Crippen MR) is 68.9 cm³/mol. The minimum absolute atomic E-state index is 0.0799. The monoisotopic (exact) mass is 261 g/mol. The van der Waals surface area contributed by atoms with Gasteiger partial charge in [0, 0.05) is 5.69 Å². The minimum Gasteiger partial charge on any atom is -0.508 e. The predicted octanol–water partition coefficient (Wildman–Crippen LogP) is 2.80. The van der Waals surface area contributed by atoms with Crippen LogP contribution in [0.2, 0.25) is 0 Å². The Kier molecular flexibility index (Phi) is 3.37. The Morgan fingerprint density at radius 3 is 2.63 bits per heavy atom. The van der Waals surface area contributed by atoms with Gasteiger partial charge in [-0.05, 0) is 42.8 Å². The van der Waals surface area contributed by atoms with Crippen molar-refractivity contribution in [3.05, 3.63) is 53.3 Å². The maximum atomic E-state index is 13.1. The summed E-state index contributed by atoms with van der Waals surface area (Å²) in [5, 5.41) is 21.3. The fraction of sp³-hybridized carbons (Fsp3) is 0.0714. The number of carbonyl (C=O) groups excluding carboxylic acids is 1. The number of hydrogen-bond acceptors (Lipinski definition) is 3. The Morgan fingerprint density at radius 1 is 1.16 bits per heavy atom. The summed E-state index contributed by atoms with van der Waals surface area (Å²) in [5.74, 6) is -1.49. The summed E-state index contributed by atoms with van der Waals surface area (Å²) >= 11 is 0. The zero-order valence-corrected chi connectivity index (χ0v) is 10.1. The third-order valence-electron chi connectivity index (χ3n) is 2.67. The molecule has 0 aliphatic rings. The second-order valence-corrected chi connectivity index (χ2v) is 4.11. The highest BCUT2D eigenvalue weighted by atomic mass is 19.1. The van der Waals surface area contributed by atoms with Crippen molar-refractivity contribution in [3.8, 4) is 11.5 Å². The Balaban J connectivity index is 2.30. The molecular weight excluding hydrogens is 249 g/mol. The highest BCUT2D eigenvalue weighted by Crippen LogP contribution is 2.24. The molecule has 2 rings (SSSR count). The van der Waals surface area contributed by atoms with E-state index in [0.717, 1.165) is 6.07 Å². The molecule has 0 spiro atoms. The first kappa shape index (κ1) is 12.9. The Hall–Kier alpha value is -2.56. The molecule has 0 aliphatic heterocycles. The van der Waals surface area contributed by atoms with Gasteiger partial charge in [0.15, 0.2) is 0 Å². The molecule has 0 radical (unpaired) electrons. The van der Waals surface area contributed by atoms with E-state index in [-0.39, 0.29) is 17.1 Å². The van der Waals surface area contributed by atoms with Crippen molar-refractivity contribution in [1.29, 1.82) is 0 Å². The first-order valence-electron chi connectivity index (χ1n) is 5.57. The molecule has 19 heavy (non-hydrogen) atoms. The lowest BCUT2D eigenvalue weighted by Crippen LogP contribution is -2.13. The molecule has 0 bridgehead atoms. The lowest BCUT2D eigenvalue weighted by atomic mass is 10.1. The Bertz CT molecular complexity index is 641. The van der Waals surface area contributed by atoms with Gasteiger partial charge in [0.05, 0.1) is 5.56 Å². The van der Waals surface area contributed by atoms with E-state index in [1.165, 1.54) is 30.3 Å². The number of amides is 1. The van der Waals surface area contributed by atoms with Crippen molar-refractivity contribution < 1.29 is 19.4 Å². The molecule has 0 heterocycles. The van der Waals surface area contributed by atoms with Gasteiger partial charge in [-0.25, -0.2) is 4.39 Å². The fourth-order valence-electron chi connectivity index (χ4n) is 1.62. The van der Waals surface area contributed by atoms with Crippen LogP contribution in [-0.2, 0) is 0 Å². The molecule has 2 aromatic rings. The highest BCUT2D eigenvalue weighted by Gasteiger charge is 2.13. The summed E-state index contributed by atoms with van der Waals surface area (Å²) < 4.78 is 13.1. The fourth-order valence-corrected chi connectivity index (χ4v) is 1.62. The molecule has 0 saturated carbocycles. The first-order valence-corrected chi connectivity index (χ1v) is 5.57. The topological polar surface area (TPSA) is 69.6 Å². The molecule has 4 nitrogen and oxygen atoms in total. The maximum Gasteiger partial charge on any atom is 0.259 e. The summed E-state index contributed by atoms with van der Waals surface area (Å²) in [5.41, 5.74) is 0.922. The van der Waals surface area contributed by atoms with Gasteiger partial charge in [0.1, 0.15) is 17.3 Å². The molecule has 0 aromatic heterocycles. The molecule has 2 aromatic carbocycles. The number of rotatable bonds is 2. The summed E-state index contributed by atoms with van der Waals surface area (Å²) in [7, 11) is 0. The normalized spacial score (nSPS) is 10.2. The number of hydrogen-bond donors (Lipinski definition) is 3. The van der Waals surface area contributed by atoms with E-state index in [0.29, 0.717) is 11.3 Å². The van der Waals surface area contributed by atoms with Gasteiger partial charge in [-0.2, -0.15) is 0 Å². The number of nitrogens with one attached hydrogen (secondary N) is 1. The Labute approximate surface area is 109 Å². The average Bonchev–Trinajstić information content (AvgIpc) is 2.36. The summed E-state index contributed by atoms with van der Waals surface area (Å²) in [6.07, 6.45) is 0. The second kappa shape index (κ2) is 4.97. The summed E-state index contributed by atoms with van der Waals surface area (Å²) in [4.78, 5) is 11.9. The molecular formula is C14H12FNO3. The Morgan fingerprint density at radius 2 is 1.89 bits per heavy atom. The second-order valence-electron chi connectivity index (χ2n) is 4.11. The van der Waals surface area contributed by atoms with Crippen molar-refractivity contribution in [2.75, 3.05) is 5.32 Å². The molecule has 0 aliphatic carbocycles. The number of halogens is 1. The van der Waals surface area contributed by atoms with Crippen molar-refractivity contribution in [3.63, 3.8) is 0 Å². The quantitative estimate of drug-likeness (QED) is 0.728. The average molecular weight is 261 g/mol. The summed E-state index contributed by atoms with van der Waals surface area (Å²) in [6.45, 7) is 1.72. The lowest BCUT2D eigenvalue weighted by Gasteiger charge is -2.09. The number of phenolic OH excluding ortho intramolecular Hbond substituents is 2. The number of aryl methyl sites for hydroxylation is 1.